The molecule has 0 fully saturated rings. The van der Waals surface area contributed by atoms with E-state index in [0.29, 0.717) is 0 Å². The van der Waals surface area contributed by atoms with E-state index in [1.807, 2.05) is 6.07 Å². The number of unbranched alkanes of at least 4 members (excludes halogenated alkanes) is 3. The van der Waals surface area contributed by atoms with Crippen molar-refractivity contribution < 1.29 is 14.2 Å². The summed E-state index contributed by atoms with van der Waals surface area (Å²) in [4.78, 5) is 0. The quantitative estimate of drug-likeness (QED) is 0.602. The standard InChI is InChI=1S/C17H29NO3/c1-19-13-12-18-11-7-5-4-6-8-15-9-10-16(20-2)17(14-15)21-3/h9-10,14,18H,4-8,11-13H2,1-3H3. The predicted molar refractivity (Wildman–Crippen MR) is 86.5 cm³/mol. The highest BCUT2D eigenvalue weighted by molar-refractivity contribution is 5.42. The fraction of sp³-hybridized carbons (Fsp3) is 0.647. The molecule has 0 amide bonds. The van der Waals surface area contributed by atoms with Crippen LogP contribution >= 0.6 is 0 Å². The van der Waals surface area contributed by atoms with Gasteiger partial charge in [0, 0.05) is 13.7 Å². The Bertz CT molecular complexity index is 382. The maximum Gasteiger partial charge on any atom is 0.160 e. The van der Waals surface area contributed by atoms with Crippen LogP contribution in [-0.4, -0.2) is 41.0 Å². The van der Waals surface area contributed by atoms with E-state index in [1.165, 1.54) is 31.2 Å². The monoisotopic (exact) mass is 295 g/mol. The Hall–Kier alpha value is -1.26. The fourth-order valence-electron chi connectivity index (χ4n) is 2.27. The number of methoxy groups -OCH3 is 3. The summed E-state index contributed by atoms with van der Waals surface area (Å²) >= 11 is 0. The lowest BCUT2D eigenvalue weighted by molar-refractivity contribution is 0.199. The molecule has 120 valence electrons. The van der Waals surface area contributed by atoms with E-state index < -0.39 is 0 Å². The Kier molecular flexibility index (Phi) is 9.66. The van der Waals surface area contributed by atoms with Crippen LogP contribution in [0.15, 0.2) is 18.2 Å². The molecule has 1 rings (SSSR count). The van der Waals surface area contributed by atoms with Gasteiger partial charge in [-0.25, -0.2) is 0 Å². The third-order valence-electron chi connectivity index (χ3n) is 3.50. The van der Waals surface area contributed by atoms with E-state index in [-0.39, 0.29) is 0 Å². The van der Waals surface area contributed by atoms with Gasteiger partial charge in [-0.3, -0.25) is 0 Å². The average Bonchev–Trinajstić information content (AvgIpc) is 2.53. The molecule has 0 saturated carbocycles. The van der Waals surface area contributed by atoms with Crippen LogP contribution in [0.1, 0.15) is 31.2 Å². The highest BCUT2D eigenvalue weighted by Gasteiger charge is 2.04. The van der Waals surface area contributed by atoms with Gasteiger partial charge >= 0.3 is 0 Å². The van der Waals surface area contributed by atoms with E-state index in [9.17, 15) is 0 Å². The van der Waals surface area contributed by atoms with E-state index in [2.05, 4.69) is 17.4 Å². The van der Waals surface area contributed by atoms with Gasteiger partial charge in [0.25, 0.3) is 0 Å². The number of ether oxygens (including phenoxy) is 3. The van der Waals surface area contributed by atoms with Crippen LogP contribution in [0.2, 0.25) is 0 Å². The van der Waals surface area contributed by atoms with Crippen molar-refractivity contribution in [1.82, 2.24) is 5.32 Å². The fourth-order valence-corrected chi connectivity index (χ4v) is 2.27. The molecule has 1 N–H and O–H groups in total. The van der Waals surface area contributed by atoms with Gasteiger partial charge in [-0.05, 0) is 43.5 Å². The Morgan fingerprint density at radius 2 is 1.62 bits per heavy atom. The van der Waals surface area contributed by atoms with Crippen LogP contribution in [-0.2, 0) is 11.2 Å². The Morgan fingerprint density at radius 3 is 2.33 bits per heavy atom. The summed E-state index contributed by atoms with van der Waals surface area (Å²) in [5.41, 5.74) is 1.31. The van der Waals surface area contributed by atoms with E-state index >= 15 is 0 Å². The summed E-state index contributed by atoms with van der Waals surface area (Å²) in [6.45, 7) is 2.82. The SMILES string of the molecule is COCCNCCCCCCc1ccc(OC)c(OC)c1. The largest absolute Gasteiger partial charge is 0.493 e. The van der Waals surface area contributed by atoms with Gasteiger partial charge in [0.2, 0.25) is 0 Å². The van der Waals surface area contributed by atoms with Gasteiger partial charge in [-0.15, -0.1) is 0 Å². The minimum absolute atomic E-state index is 0.791. The first-order chi connectivity index (χ1) is 10.3. The lowest BCUT2D eigenvalue weighted by atomic mass is 10.1. The zero-order chi connectivity index (χ0) is 15.3. The molecule has 0 unspecified atom stereocenters. The summed E-state index contributed by atoms with van der Waals surface area (Å²) in [5, 5.41) is 3.37. The van der Waals surface area contributed by atoms with Crippen molar-refractivity contribution in [2.75, 3.05) is 41.0 Å². The molecular formula is C17H29NO3. The molecule has 0 aliphatic carbocycles. The Labute approximate surface area is 128 Å². The molecule has 1 aromatic carbocycles. The molecule has 0 spiro atoms. The van der Waals surface area contributed by atoms with Crippen LogP contribution in [0.3, 0.4) is 0 Å². The lowest BCUT2D eigenvalue weighted by Gasteiger charge is -2.09. The maximum atomic E-state index is 5.33. The van der Waals surface area contributed by atoms with Crippen LogP contribution in [0.4, 0.5) is 0 Å². The smallest absolute Gasteiger partial charge is 0.160 e. The first-order valence-electron chi connectivity index (χ1n) is 7.72. The average molecular weight is 295 g/mol. The van der Waals surface area contributed by atoms with E-state index in [0.717, 1.165) is 37.6 Å². The van der Waals surface area contributed by atoms with Crippen LogP contribution in [0.5, 0.6) is 11.5 Å². The van der Waals surface area contributed by atoms with Gasteiger partial charge < -0.3 is 19.5 Å². The molecule has 0 bridgehead atoms. The summed E-state index contributed by atoms with van der Waals surface area (Å²) in [6, 6.07) is 6.17. The molecule has 0 atom stereocenters. The van der Waals surface area contributed by atoms with Crippen molar-refractivity contribution in [3.8, 4) is 11.5 Å². The molecule has 0 radical (unpaired) electrons. The molecule has 0 heterocycles. The second-order valence-electron chi connectivity index (χ2n) is 5.10. The van der Waals surface area contributed by atoms with Crippen LogP contribution < -0.4 is 14.8 Å². The van der Waals surface area contributed by atoms with Crippen molar-refractivity contribution in [1.29, 1.82) is 0 Å². The second-order valence-corrected chi connectivity index (χ2v) is 5.10. The van der Waals surface area contributed by atoms with Gasteiger partial charge in [0.05, 0.1) is 20.8 Å². The first-order valence-corrected chi connectivity index (χ1v) is 7.72. The summed E-state index contributed by atoms with van der Waals surface area (Å²) in [6.07, 6.45) is 6.08. The number of nitrogens with one attached hydrogen (secondary N) is 1. The van der Waals surface area contributed by atoms with Crippen LogP contribution in [0, 0.1) is 0 Å². The molecular weight excluding hydrogens is 266 g/mol. The zero-order valence-electron chi connectivity index (χ0n) is 13.6. The topological polar surface area (TPSA) is 39.7 Å². The molecule has 4 nitrogen and oxygen atoms in total. The van der Waals surface area contributed by atoms with Gasteiger partial charge in [-0.1, -0.05) is 18.9 Å². The summed E-state index contributed by atoms with van der Waals surface area (Å²) in [5.74, 6) is 1.61. The Balaban J connectivity index is 2.12. The van der Waals surface area contributed by atoms with Crippen molar-refractivity contribution in [2.45, 2.75) is 32.1 Å². The minimum atomic E-state index is 0.791. The van der Waals surface area contributed by atoms with Crippen molar-refractivity contribution in [2.24, 2.45) is 0 Å². The van der Waals surface area contributed by atoms with Crippen molar-refractivity contribution in [3.05, 3.63) is 23.8 Å². The normalized spacial score (nSPS) is 10.6. The predicted octanol–water partition coefficient (Wildman–Crippen LogP) is 3.04. The Morgan fingerprint density at radius 1 is 0.857 bits per heavy atom. The number of hydrogen-bond acceptors (Lipinski definition) is 4. The van der Waals surface area contributed by atoms with Crippen molar-refractivity contribution >= 4 is 0 Å². The third kappa shape index (κ3) is 7.34. The van der Waals surface area contributed by atoms with E-state index in [4.69, 9.17) is 14.2 Å². The zero-order valence-corrected chi connectivity index (χ0v) is 13.6. The highest BCUT2D eigenvalue weighted by atomic mass is 16.5. The van der Waals surface area contributed by atoms with Gasteiger partial charge in [-0.2, -0.15) is 0 Å². The lowest BCUT2D eigenvalue weighted by Crippen LogP contribution is -2.20. The molecule has 4 heteroatoms. The maximum absolute atomic E-state index is 5.33. The highest BCUT2D eigenvalue weighted by Crippen LogP contribution is 2.28. The van der Waals surface area contributed by atoms with Gasteiger partial charge in [0.15, 0.2) is 11.5 Å². The number of rotatable bonds is 12. The third-order valence-corrected chi connectivity index (χ3v) is 3.50. The second kappa shape index (κ2) is 11.4. The molecule has 1 aromatic rings. The van der Waals surface area contributed by atoms with Crippen molar-refractivity contribution in [3.63, 3.8) is 0 Å². The van der Waals surface area contributed by atoms with Gasteiger partial charge in [0.1, 0.15) is 0 Å². The molecule has 0 aromatic heterocycles. The summed E-state index contributed by atoms with van der Waals surface area (Å²) in [7, 11) is 5.08. The first kappa shape index (κ1) is 17.8. The molecule has 0 aliphatic rings. The number of aryl methyl sites for hydroxylation is 1. The van der Waals surface area contributed by atoms with E-state index in [1.54, 1.807) is 21.3 Å². The minimum Gasteiger partial charge on any atom is -0.493 e. The molecule has 0 saturated heterocycles. The molecule has 0 aliphatic heterocycles. The number of hydrogen-bond donors (Lipinski definition) is 1. The molecule has 21 heavy (non-hydrogen) atoms. The number of benzene rings is 1. The van der Waals surface area contributed by atoms with Crippen LogP contribution in [0.25, 0.3) is 0 Å². The summed E-state index contributed by atoms with van der Waals surface area (Å²) < 4.78 is 15.6.